The largest absolute Gasteiger partial charge is 0.472 e. The maximum absolute atomic E-state index is 13.1. The van der Waals surface area contributed by atoms with Crippen LogP contribution >= 0.6 is 15.6 Å². The molecule has 0 spiro atoms. The van der Waals surface area contributed by atoms with Crippen LogP contribution in [0.25, 0.3) is 0 Å². The first-order valence-corrected chi connectivity index (χ1v) is 45.1. The lowest BCUT2D eigenvalue weighted by atomic mass is 10.0. The summed E-state index contributed by atoms with van der Waals surface area (Å²) in [6, 6.07) is 0. The predicted molar refractivity (Wildman–Crippen MR) is 409 cm³/mol. The molecule has 0 bridgehead atoms. The van der Waals surface area contributed by atoms with Gasteiger partial charge in [-0.15, -0.1) is 0 Å². The molecule has 0 fully saturated rings. The van der Waals surface area contributed by atoms with Gasteiger partial charge in [-0.1, -0.05) is 381 Å². The Morgan fingerprint density at radius 3 is 0.680 bits per heavy atom. The fourth-order valence-corrected chi connectivity index (χ4v) is 14.2. The molecular weight excluding hydrogens is 1310 g/mol. The SMILES string of the molecule is CCCCCCCCCCCCCCCCCCCC(=O)OC[C@H](COP(=O)(O)OC[C@@H](O)COP(=O)(O)OC[C@@H](COC(=O)CCCCCCCCCCCCCC)OC(=O)CCCCCCCCCCCCCCCC)OC(=O)CCCCCCCCCCCCCCCCC(C)C. The molecule has 0 aromatic rings. The molecule has 0 aliphatic heterocycles. The summed E-state index contributed by atoms with van der Waals surface area (Å²) in [4.78, 5) is 73.1. The molecule has 0 radical (unpaired) electrons. The Balaban J connectivity index is 5.26. The second kappa shape index (κ2) is 73.9. The lowest BCUT2D eigenvalue weighted by molar-refractivity contribution is -0.161. The number of unbranched alkanes of at least 4 members (excludes halogenated alkanes) is 53. The van der Waals surface area contributed by atoms with E-state index in [0.717, 1.165) is 95.8 Å². The summed E-state index contributed by atoms with van der Waals surface area (Å²) < 4.78 is 68.8. The first-order valence-electron chi connectivity index (χ1n) is 42.1. The van der Waals surface area contributed by atoms with Gasteiger partial charge in [0.1, 0.15) is 19.3 Å². The van der Waals surface area contributed by atoms with Crippen LogP contribution in [0.4, 0.5) is 0 Å². The fraction of sp³-hybridized carbons (Fsp3) is 0.951. The van der Waals surface area contributed by atoms with Crippen LogP contribution < -0.4 is 0 Å². The van der Waals surface area contributed by atoms with E-state index in [1.165, 1.54) is 257 Å². The molecule has 5 atom stereocenters. The smallest absolute Gasteiger partial charge is 0.462 e. The first-order chi connectivity index (χ1) is 48.5. The third-order valence-corrected chi connectivity index (χ3v) is 20.9. The van der Waals surface area contributed by atoms with Crippen molar-refractivity contribution >= 4 is 39.5 Å². The zero-order valence-electron chi connectivity index (χ0n) is 65.3. The van der Waals surface area contributed by atoms with E-state index in [1.54, 1.807) is 0 Å². The summed E-state index contributed by atoms with van der Waals surface area (Å²) in [7, 11) is -9.92. The van der Waals surface area contributed by atoms with Crippen molar-refractivity contribution in [1.29, 1.82) is 0 Å². The number of phosphoric acid groups is 2. The lowest BCUT2D eigenvalue weighted by Crippen LogP contribution is -2.30. The van der Waals surface area contributed by atoms with Crippen molar-refractivity contribution in [3.63, 3.8) is 0 Å². The Morgan fingerprint density at radius 1 is 0.270 bits per heavy atom. The zero-order valence-corrected chi connectivity index (χ0v) is 67.1. The van der Waals surface area contributed by atoms with Gasteiger partial charge in [0.25, 0.3) is 0 Å². The van der Waals surface area contributed by atoms with Crippen LogP contribution in [0.15, 0.2) is 0 Å². The van der Waals surface area contributed by atoms with Gasteiger partial charge in [0, 0.05) is 25.7 Å². The van der Waals surface area contributed by atoms with Crippen molar-refractivity contribution in [2.75, 3.05) is 39.6 Å². The molecule has 0 saturated heterocycles. The number of esters is 4. The molecule has 594 valence electrons. The molecule has 19 heteroatoms. The minimum absolute atomic E-state index is 0.109. The Bertz CT molecular complexity index is 1910. The highest BCUT2D eigenvalue weighted by atomic mass is 31.2. The van der Waals surface area contributed by atoms with Gasteiger partial charge in [-0.05, 0) is 31.6 Å². The summed E-state index contributed by atoms with van der Waals surface area (Å²) in [6.45, 7) is 7.36. The van der Waals surface area contributed by atoms with Gasteiger partial charge in [-0.25, -0.2) is 9.13 Å². The third-order valence-electron chi connectivity index (χ3n) is 19.0. The van der Waals surface area contributed by atoms with E-state index < -0.39 is 97.5 Å². The van der Waals surface area contributed by atoms with Crippen molar-refractivity contribution in [2.45, 2.75) is 451 Å². The minimum atomic E-state index is -4.96. The van der Waals surface area contributed by atoms with Gasteiger partial charge >= 0.3 is 39.5 Å². The van der Waals surface area contributed by atoms with Crippen LogP contribution in [0.5, 0.6) is 0 Å². The van der Waals surface area contributed by atoms with Crippen molar-refractivity contribution in [2.24, 2.45) is 5.92 Å². The van der Waals surface area contributed by atoms with Crippen LogP contribution in [-0.4, -0.2) is 96.7 Å². The Labute approximate surface area is 613 Å². The van der Waals surface area contributed by atoms with Crippen molar-refractivity contribution < 1.29 is 80.2 Å². The molecule has 3 N–H and O–H groups in total. The quantitative estimate of drug-likeness (QED) is 0.0222. The number of carbonyl (C=O) groups excluding carboxylic acids is 4. The van der Waals surface area contributed by atoms with Gasteiger partial charge in [-0.3, -0.25) is 37.3 Å². The van der Waals surface area contributed by atoms with Crippen molar-refractivity contribution in [1.82, 2.24) is 0 Å². The molecule has 100 heavy (non-hydrogen) atoms. The molecule has 0 aromatic carbocycles. The van der Waals surface area contributed by atoms with Crippen molar-refractivity contribution in [3.8, 4) is 0 Å². The maximum atomic E-state index is 13.1. The van der Waals surface area contributed by atoms with E-state index in [9.17, 15) is 43.2 Å². The number of rotatable bonds is 81. The molecule has 0 heterocycles. The van der Waals surface area contributed by atoms with Crippen LogP contribution in [0.2, 0.25) is 0 Å². The number of aliphatic hydroxyl groups excluding tert-OH is 1. The van der Waals surface area contributed by atoms with E-state index in [-0.39, 0.29) is 25.7 Å². The highest BCUT2D eigenvalue weighted by Crippen LogP contribution is 2.45. The van der Waals surface area contributed by atoms with Gasteiger partial charge in [0.05, 0.1) is 26.4 Å². The molecule has 0 aliphatic rings. The molecule has 0 aromatic heterocycles. The number of ether oxygens (including phenoxy) is 4. The molecule has 17 nitrogen and oxygen atoms in total. The Hall–Kier alpha value is -1.94. The molecule has 0 amide bonds. The van der Waals surface area contributed by atoms with Gasteiger partial charge < -0.3 is 33.8 Å². The minimum Gasteiger partial charge on any atom is -0.462 e. The van der Waals surface area contributed by atoms with Gasteiger partial charge in [0.2, 0.25) is 0 Å². The second-order valence-corrected chi connectivity index (χ2v) is 32.5. The van der Waals surface area contributed by atoms with Crippen LogP contribution in [-0.2, 0) is 65.4 Å². The highest BCUT2D eigenvalue weighted by molar-refractivity contribution is 7.47. The predicted octanol–water partition coefficient (Wildman–Crippen LogP) is 24.4. The normalized spacial score (nSPS) is 13.8. The highest BCUT2D eigenvalue weighted by Gasteiger charge is 2.30. The van der Waals surface area contributed by atoms with E-state index in [2.05, 4.69) is 34.6 Å². The number of hydrogen-bond acceptors (Lipinski definition) is 15. The standard InChI is InChI=1S/C81H158O17P2/c1-6-9-12-15-18-21-24-27-29-30-31-36-40-45-50-55-60-65-79(84)92-71-77(98-81(86)67-62-57-52-47-42-37-33-32-34-38-43-48-53-58-63-74(4)5)73-96-100(89,90)94-69-75(82)68-93-99(87,88)95-72-76(70-91-78(83)64-59-54-49-44-39-26-23-20-17-14-11-8-3)97-80(85)66-61-56-51-46-41-35-28-25-22-19-16-13-10-7-2/h74-77,82H,6-73H2,1-5H3,(H,87,88)(H,89,90)/t75-,76+,77+/m0/s1. The van der Waals surface area contributed by atoms with E-state index in [0.29, 0.717) is 25.7 Å². The maximum Gasteiger partial charge on any atom is 0.472 e. The average Bonchev–Trinajstić information content (AvgIpc) is 0.943. The number of aliphatic hydroxyl groups is 1. The summed E-state index contributed by atoms with van der Waals surface area (Å²) in [5.74, 6) is -1.31. The second-order valence-electron chi connectivity index (χ2n) is 29.6. The fourth-order valence-electron chi connectivity index (χ4n) is 12.6. The Kier molecular flexibility index (Phi) is 72.5. The average molecular weight is 1470 g/mol. The molecule has 0 rings (SSSR count). The topological polar surface area (TPSA) is 237 Å². The van der Waals surface area contributed by atoms with Crippen molar-refractivity contribution in [3.05, 3.63) is 0 Å². The van der Waals surface area contributed by atoms with Crippen LogP contribution in [0.3, 0.4) is 0 Å². The summed E-state index contributed by atoms with van der Waals surface area (Å²) >= 11 is 0. The summed E-state index contributed by atoms with van der Waals surface area (Å²) in [5, 5.41) is 10.6. The third kappa shape index (κ3) is 74.3. The van der Waals surface area contributed by atoms with Gasteiger partial charge in [-0.2, -0.15) is 0 Å². The summed E-state index contributed by atoms with van der Waals surface area (Å²) in [6.07, 6.45) is 65.0. The zero-order chi connectivity index (χ0) is 73.4. The van der Waals surface area contributed by atoms with Crippen LogP contribution in [0, 0.1) is 5.92 Å². The first kappa shape index (κ1) is 98.1. The number of phosphoric ester groups is 2. The number of carbonyl (C=O) groups is 4. The van der Waals surface area contributed by atoms with E-state index in [4.69, 9.17) is 37.0 Å². The molecule has 0 saturated carbocycles. The Morgan fingerprint density at radius 2 is 0.460 bits per heavy atom. The summed E-state index contributed by atoms with van der Waals surface area (Å²) in [5.41, 5.74) is 0. The van der Waals surface area contributed by atoms with Crippen LogP contribution in [0.1, 0.15) is 433 Å². The molecule has 0 aliphatic carbocycles. The monoisotopic (exact) mass is 1470 g/mol. The lowest BCUT2D eigenvalue weighted by Gasteiger charge is -2.21. The van der Waals surface area contributed by atoms with Gasteiger partial charge in [0.15, 0.2) is 12.2 Å². The van der Waals surface area contributed by atoms with E-state index in [1.807, 2.05) is 0 Å². The number of hydrogen-bond donors (Lipinski definition) is 3. The van der Waals surface area contributed by atoms with E-state index >= 15 is 0 Å². The molecular formula is C81H158O17P2. The molecule has 2 unspecified atom stereocenters.